The minimum absolute atomic E-state index is 0.118. The molecule has 0 saturated carbocycles. The Morgan fingerprint density at radius 3 is 2.47 bits per heavy atom. The van der Waals surface area contributed by atoms with Crippen molar-refractivity contribution in [3.63, 3.8) is 0 Å². The summed E-state index contributed by atoms with van der Waals surface area (Å²) < 4.78 is 6.88. The normalized spacial score (nSPS) is 11.0. The van der Waals surface area contributed by atoms with Gasteiger partial charge in [-0.1, -0.05) is 13.8 Å². The third-order valence-corrected chi connectivity index (χ3v) is 3.24. The molecule has 5 heteroatoms. The quantitative estimate of drug-likeness (QED) is 0.890. The van der Waals surface area contributed by atoms with E-state index < -0.39 is 0 Å². The van der Waals surface area contributed by atoms with Gasteiger partial charge in [-0.3, -0.25) is 4.68 Å². The Morgan fingerprint density at radius 1 is 1.32 bits per heavy atom. The van der Waals surface area contributed by atoms with E-state index in [1.54, 1.807) is 24.0 Å². The summed E-state index contributed by atoms with van der Waals surface area (Å²) >= 11 is 0. The number of nitrogens with zero attached hydrogens (tertiary/aromatic N) is 2. The second kappa shape index (κ2) is 4.84. The Kier molecular flexibility index (Phi) is 3.38. The van der Waals surface area contributed by atoms with E-state index in [4.69, 9.17) is 10.5 Å². The fourth-order valence-corrected chi connectivity index (χ4v) is 2.04. The molecule has 1 aromatic heterocycles. The highest BCUT2D eigenvalue weighted by atomic mass is 16.5. The molecule has 0 unspecified atom stereocenters. The minimum atomic E-state index is 0.118. The lowest BCUT2D eigenvalue weighted by atomic mass is 9.97. The number of hydrogen-bond acceptors (Lipinski definition) is 4. The SMILES string of the molecule is COc1c(O)cc(C(C)C)cc1-c1cnn(C)c1N. The number of ether oxygens (including phenoxy) is 1. The van der Waals surface area contributed by atoms with Crippen molar-refractivity contribution in [1.29, 1.82) is 0 Å². The average Bonchev–Trinajstić information content (AvgIpc) is 2.69. The molecule has 19 heavy (non-hydrogen) atoms. The summed E-state index contributed by atoms with van der Waals surface area (Å²) in [5.74, 6) is 1.38. The predicted octanol–water partition coefficient (Wildman–Crippen LogP) is 2.51. The molecule has 0 amide bonds. The summed E-state index contributed by atoms with van der Waals surface area (Å²) in [6, 6.07) is 3.70. The Hall–Kier alpha value is -2.17. The fraction of sp³-hybridized carbons (Fsp3) is 0.357. The molecule has 1 aromatic carbocycles. The van der Waals surface area contributed by atoms with Crippen LogP contribution in [0.2, 0.25) is 0 Å². The number of nitrogens with two attached hydrogens (primary N) is 1. The lowest BCUT2D eigenvalue weighted by molar-refractivity contribution is 0.374. The topological polar surface area (TPSA) is 73.3 Å². The first kappa shape index (κ1) is 13.3. The number of phenols is 1. The standard InChI is InChI=1S/C14H19N3O2/c1-8(2)9-5-10(13(19-4)12(18)6-9)11-7-16-17(3)14(11)15/h5-8,18H,15H2,1-4H3. The number of benzene rings is 1. The van der Waals surface area contributed by atoms with Crippen LogP contribution in [0, 0.1) is 0 Å². The van der Waals surface area contributed by atoms with Crippen LogP contribution in [0.5, 0.6) is 11.5 Å². The first-order valence-corrected chi connectivity index (χ1v) is 6.14. The van der Waals surface area contributed by atoms with Crippen molar-refractivity contribution in [3.05, 3.63) is 23.9 Å². The van der Waals surface area contributed by atoms with Crippen LogP contribution in [0.4, 0.5) is 5.82 Å². The molecule has 3 N–H and O–H groups in total. The van der Waals surface area contributed by atoms with E-state index in [9.17, 15) is 5.11 Å². The zero-order valence-electron chi connectivity index (χ0n) is 11.6. The number of aromatic hydroxyl groups is 1. The predicted molar refractivity (Wildman–Crippen MR) is 75.4 cm³/mol. The molecule has 0 spiro atoms. The van der Waals surface area contributed by atoms with Crippen LogP contribution in [0.15, 0.2) is 18.3 Å². The molecule has 0 radical (unpaired) electrons. The third-order valence-electron chi connectivity index (χ3n) is 3.24. The van der Waals surface area contributed by atoms with E-state index in [0.29, 0.717) is 17.5 Å². The van der Waals surface area contributed by atoms with Gasteiger partial charge in [0.05, 0.1) is 13.3 Å². The van der Waals surface area contributed by atoms with Crippen LogP contribution in [-0.4, -0.2) is 22.0 Å². The van der Waals surface area contributed by atoms with Gasteiger partial charge in [-0.05, 0) is 23.6 Å². The van der Waals surface area contributed by atoms with E-state index in [0.717, 1.165) is 16.7 Å². The maximum atomic E-state index is 10.1. The van der Waals surface area contributed by atoms with Crippen LogP contribution in [0.1, 0.15) is 25.3 Å². The van der Waals surface area contributed by atoms with Crippen molar-refractivity contribution in [1.82, 2.24) is 9.78 Å². The molecule has 2 aromatic rings. The number of methoxy groups -OCH3 is 1. The van der Waals surface area contributed by atoms with E-state index in [2.05, 4.69) is 18.9 Å². The number of phenolic OH excluding ortho intramolecular Hbond substituents is 1. The summed E-state index contributed by atoms with van der Waals surface area (Å²) in [6.45, 7) is 4.13. The number of nitrogen functional groups attached to an aromatic ring is 1. The molecule has 0 saturated heterocycles. The minimum Gasteiger partial charge on any atom is -0.504 e. The van der Waals surface area contributed by atoms with Crippen LogP contribution < -0.4 is 10.5 Å². The number of aromatic nitrogens is 2. The van der Waals surface area contributed by atoms with E-state index in [1.807, 2.05) is 6.07 Å². The van der Waals surface area contributed by atoms with Crippen LogP contribution >= 0.6 is 0 Å². The summed E-state index contributed by atoms with van der Waals surface area (Å²) in [5.41, 5.74) is 8.54. The van der Waals surface area contributed by atoms with Gasteiger partial charge < -0.3 is 15.6 Å². The smallest absolute Gasteiger partial charge is 0.168 e. The Morgan fingerprint density at radius 2 is 2.00 bits per heavy atom. The van der Waals surface area contributed by atoms with E-state index in [-0.39, 0.29) is 5.75 Å². The van der Waals surface area contributed by atoms with Gasteiger partial charge >= 0.3 is 0 Å². The maximum Gasteiger partial charge on any atom is 0.168 e. The zero-order chi connectivity index (χ0) is 14.2. The second-order valence-corrected chi connectivity index (χ2v) is 4.84. The van der Waals surface area contributed by atoms with Crippen molar-refractivity contribution >= 4 is 5.82 Å². The number of rotatable bonds is 3. The third kappa shape index (κ3) is 2.23. The summed E-state index contributed by atoms with van der Waals surface area (Å²) in [4.78, 5) is 0. The molecule has 0 bridgehead atoms. The van der Waals surface area contributed by atoms with Gasteiger partial charge in [0, 0.05) is 18.2 Å². The first-order valence-electron chi connectivity index (χ1n) is 6.14. The number of aryl methyl sites for hydroxylation is 1. The molecule has 5 nitrogen and oxygen atoms in total. The monoisotopic (exact) mass is 261 g/mol. The van der Waals surface area contributed by atoms with Gasteiger partial charge in [-0.2, -0.15) is 5.10 Å². The van der Waals surface area contributed by atoms with E-state index >= 15 is 0 Å². The lowest BCUT2D eigenvalue weighted by Gasteiger charge is -2.14. The van der Waals surface area contributed by atoms with Crippen molar-refractivity contribution in [2.75, 3.05) is 12.8 Å². The number of anilines is 1. The number of hydrogen-bond donors (Lipinski definition) is 2. The fourth-order valence-electron chi connectivity index (χ4n) is 2.04. The van der Waals surface area contributed by atoms with Crippen LogP contribution in [0.25, 0.3) is 11.1 Å². The zero-order valence-corrected chi connectivity index (χ0v) is 11.6. The summed E-state index contributed by atoms with van der Waals surface area (Å²) in [7, 11) is 3.30. The van der Waals surface area contributed by atoms with Crippen LogP contribution in [0.3, 0.4) is 0 Å². The molecular weight excluding hydrogens is 242 g/mol. The average molecular weight is 261 g/mol. The molecule has 1 heterocycles. The van der Waals surface area contributed by atoms with Gasteiger partial charge in [0.2, 0.25) is 0 Å². The maximum absolute atomic E-state index is 10.1. The summed E-state index contributed by atoms with van der Waals surface area (Å²) in [5, 5.41) is 14.2. The van der Waals surface area contributed by atoms with Gasteiger partial charge in [-0.15, -0.1) is 0 Å². The van der Waals surface area contributed by atoms with Crippen molar-refractivity contribution < 1.29 is 9.84 Å². The van der Waals surface area contributed by atoms with Gasteiger partial charge in [0.15, 0.2) is 11.5 Å². The Balaban J connectivity index is 2.70. The Labute approximate surface area is 112 Å². The van der Waals surface area contributed by atoms with Crippen LogP contribution in [-0.2, 0) is 7.05 Å². The molecule has 2 rings (SSSR count). The summed E-state index contributed by atoms with van der Waals surface area (Å²) in [6.07, 6.45) is 1.68. The van der Waals surface area contributed by atoms with Gasteiger partial charge in [0.1, 0.15) is 5.82 Å². The first-order chi connectivity index (χ1) is 8.95. The Bertz CT molecular complexity index is 603. The second-order valence-electron chi connectivity index (χ2n) is 4.84. The van der Waals surface area contributed by atoms with Gasteiger partial charge in [0.25, 0.3) is 0 Å². The van der Waals surface area contributed by atoms with Crippen molar-refractivity contribution in [2.45, 2.75) is 19.8 Å². The van der Waals surface area contributed by atoms with Crippen molar-refractivity contribution in [2.24, 2.45) is 7.05 Å². The van der Waals surface area contributed by atoms with Gasteiger partial charge in [-0.25, -0.2) is 0 Å². The molecule has 0 aliphatic heterocycles. The van der Waals surface area contributed by atoms with E-state index in [1.165, 1.54) is 7.11 Å². The van der Waals surface area contributed by atoms with Crippen molar-refractivity contribution in [3.8, 4) is 22.6 Å². The molecule has 102 valence electrons. The molecular formula is C14H19N3O2. The molecule has 0 aliphatic carbocycles. The molecule has 0 aliphatic rings. The highest BCUT2D eigenvalue weighted by Crippen LogP contribution is 2.41. The lowest BCUT2D eigenvalue weighted by Crippen LogP contribution is -1.99. The highest BCUT2D eigenvalue weighted by molar-refractivity contribution is 5.81. The largest absolute Gasteiger partial charge is 0.504 e. The highest BCUT2D eigenvalue weighted by Gasteiger charge is 2.18. The molecule has 0 atom stereocenters. The molecule has 0 fully saturated rings.